The molecule has 7 heteroatoms. The molecular weight excluding hydrogens is 256 g/mol. The van der Waals surface area contributed by atoms with Gasteiger partial charge in [0.2, 0.25) is 0 Å². The predicted octanol–water partition coefficient (Wildman–Crippen LogP) is 0.983. The average Bonchev–Trinajstić information content (AvgIpc) is 2.83. The molecule has 102 valence electrons. The lowest BCUT2D eigenvalue weighted by Crippen LogP contribution is -2.13. The van der Waals surface area contributed by atoms with E-state index in [-0.39, 0.29) is 12.6 Å². The molecule has 0 radical (unpaired) electrons. The normalized spacial score (nSPS) is 12.4. The molecule has 0 fully saturated rings. The average molecular weight is 274 g/mol. The minimum Gasteiger partial charge on any atom is -0.458 e. The van der Waals surface area contributed by atoms with E-state index in [4.69, 9.17) is 19.9 Å². The second kappa shape index (κ2) is 8.15. The molecule has 1 rings (SSSR count). The van der Waals surface area contributed by atoms with Crippen LogP contribution in [0.25, 0.3) is 0 Å². The molecule has 2 N–H and O–H groups in total. The van der Waals surface area contributed by atoms with Crippen LogP contribution in [0.2, 0.25) is 0 Å². The molecule has 18 heavy (non-hydrogen) atoms. The number of carbonyl (C=O) groups is 1. The van der Waals surface area contributed by atoms with Gasteiger partial charge in [0.25, 0.3) is 0 Å². The number of ether oxygens (including phenoxy) is 3. The van der Waals surface area contributed by atoms with Crippen LogP contribution in [0.1, 0.15) is 28.5 Å². The van der Waals surface area contributed by atoms with Gasteiger partial charge in [-0.2, -0.15) is 0 Å². The van der Waals surface area contributed by atoms with E-state index in [1.807, 2.05) is 6.92 Å². The summed E-state index contributed by atoms with van der Waals surface area (Å²) in [6, 6.07) is -0.172. The molecule has 1 aromatic heterocycles. The van der Waals surface area contributed by atoms with E-state index in [1.165, 1.54) is 11.3 Å². The summed E-state index contributed by atoms with van der Waals surface area (Å²) in [6.07, 6.45) is 0. The molecular formula is C11H18N2O4S. The summed E-state index contributed by atoms with van der Waals surface area (Å²) in [5, 5.41) is 2.37. The van der Waals surface area contributed by atoms with Crippen molar-refractivity contribution >= 4 is 17.3 Å². The molecule has 0 aromatic carbocycles. The number of thiazole rings is 1. The van der Waals surface area contributed by atoms with Gasteiger partial charge in [-0.3, -0.25) is 0 Å². The number of nitrogens with two attached hydrogens (primary N) is 1. The van der Waals surface area contributed by atoms with E-state index in [0.717, 1.165) is 5.01 Å². The van der Waals surface area contributed by atoms with Crippen LogP contribution < -0.4 is 5.73 Å². The zero-order chi connectivity index (χ0) is 13.4. The van der Waals surface area contributed by atoms with Crippen molar-refractivity contribution in [1.82, 2.24) is 4.98 Å². The fourth-order valence-electron chi connectivity index (χ4n) is 1.10. The Morgan fingerprint density at radius 1 is 1.44 bits per heavy atom. The summed E-state index contributed by atoms with van der Waals surface area (Å²) in [5.41, 5.74) is 5.95. The van der Waals surface area contributed by atoms with Crippen molar-refractivity contribution in [2.45, 2.75) is 13.0 Å². The smallest absolute Gasteiger partial charge is 0.357 e. The largest absolute Gasteiger partial charge is 0.458 e. The maximum Gasteiger partial charge on any atom is 0.357 e. The minimum absolute atomic E-state index is 0.172. The lowest BCUT2D eigenvalue weighted by Gasteiger charge is -2.04. The summed E-state index contributed by atoms with van der Waals surface area (Å²) < 4.78 is 15.0. The van der Waals surface area contributed by atoms with Gasteiger partial charge < -0.3 is 19.9 Å². The fraction of sp³-hybridized carbons (Fsp3) is 0.636. The molecule has 0 spiro atoms. The van der Waals surface area contributed by atoms with Crippen LogP contribution in [-0.2, 0) is 14.2 Å². The summed E-state index contributed by atoms with van der Waals surface area (Å²) in [7, 11) is 1.60. The van der Waals surface area contributed by atoms with E-state index < -0.39 is 5.97 Å². The van der Waals surface area contributed by atoms with Crippen molar-refractivity contribution in [3.63, 3.8) is 0 Å². The maximum absolute atomic E-state index is 11.6. The van der Waals surface area contributed by atoms with E-state index in [9.17, 15) is 4.79 Å². The number of methoxy groups -OCH3 is 1. The summed E-state index contributed by atoms with van der Waals surface area (Å²) in [5.74, 6) is -0.450. The molecule has 0 saturated carbocycles. The third-order valence-electron chi connectivity index (χ3n) is 2.01. The number of esters is 1. The molecule has 1 heterocycles. The first-order valence-electron chi connectivity index (χ1n) is 5.60. The highest BCUT2D eigenvalue weighted by molar-refractivity contribution is 7.09. The van der Waals surface area contributed by atoms with E-state index in [2.05, 4.69) is 4.98 Å². The van der Waals surface area contributed by atoms with Crippen molar-refractivity contribution in [3.8, 4) is 0 Å². The first kappa shape index (κ1) is 15.0. The highest BCUT2D eigenvalue weighted by Crippen LogP contribution is 2.16. The highest BCUT2D eigenvalue weighted by atomic mass is 32.1. The van der Waals surface area contributed by atoms with Gasteiger partial charge in [-0.05, 0) is 6.92 Å². The second-order valence-electron chi connectivity index (χ2n) is 3.60. The number of hydrogen-bond donors (Lipinski definition) is 1. The van der Waals surface area contributed by atoms with Crippen molar-refractivity contribution in [3.05, 3.63) is 16.1 Å². The van der Waals surface area contributed by atoms with Gasteiger partial charge in [0, 0.05) is 12.5 Å². The third-order valence-corrected chi connectivity index (χ3v) is 3.06. The zero-order valence-corrected chi connectivity index (χ0v) is 11.4. The number of hydrogen-bond acceptors (Lipinski definition) is 7. The lowest BCUT2D eigenvalue weighted by molar-refractivity contribution is 0.0210. The van der Waals surface area contributed by atoms with Crippen molar-refractivity contribution in [2.75, 3.05) is 33.5 Å². The molecule has 0 bridgehead atoms. The molecule has 0 saturated heterocycles. The van der Waals surface area contributed by atoms with Gasteiger partial charge in [0.15, 0.2) is 5.69 Å². The van der Waals surface area contributed by atoms with Crippen LogP contribution in [0, 0.1) is 0 Å². The van der Waals surface area contributed by atoms with Crippen molar-refractivity contribution in [1.29, 1.82) is 0 Å². The van der Waals surface area contributed by atoms with Crippen molar-refractivity contribution in [2.24, 2.45) is 5.73 Å². The number of rotatable bonds is 8. The first-order valence-corrected chi connectivity index (χ1v) is 6.48. The monoisotopic (exact) mass is 274 g/mol. The standard InChI is InChI=1S/C11H18N2O4S/c1-8(12)10-13-9(7-18-10)11(14)17-6-5-16-4-3-15-2/h7-8H,3-6,12H2,1-2H3. The van der Waals surface area contributed by atoms with Crippen LogP contribution in [0.5, 0.6) is 0 Å². The summed E-state index contributed by atoms with van der Waals surface area (Å²) in [4.78, 5) is 15.7. The van der Waals surface area contributed by atoms with E-state index >= 15 is 0 Å². The van der Waals surface area contributed by atoms with E-state index in [1.54, 1.807) is 12.5 Å². The molecule has 0 amide bonds. The minimum atomic E-state index is -0.450. The Morgan fingerprint density at radius 2 is 2.17 bits per heavy atom. The topological polar surface area (TPSA) is 83.7 Å². The Morgan fingerprint density at radius 3 is 2.78 bits per heavy atom. The van der Waals surface area contributed by atoms with Gasteiger partial charge in [-0.1, -0.05) is 0 Å². The van der Waals surface area contributed by atoms with Gasteiger partial charge in [0.05, 0.1) is 25.9 Å². The van der Waals surface area contributed by atoms with Crippen LogP contribution in [0.3, 0.4) is 0 Å². The van der Waals surface area contributed by atoms with Crippen LogP contribution in [-0.4, -0.2) is 44.5 Å². The van der Waals surface area contributed by atoms with Crippen LogP contribution >= 0.6 is 11.3 Å². The molecule has 1 unspecified atom stereocenters. The molecule has 0 aliphatic carbocycles. The van der Waals surface area contributed by atoms with E-state index in [0.29, 0.717) is 25.5 Å². The lowest BCUT2D eigenvalue weighted by atomic mass is 10.4. The Bertz CT molecular complexity index is 368. The number of aromatic nitrogens is 1. The molecule has 0 aliphatic heterocycles. The maximum atomic E-state index is 11.6. The molecule has 0 aliphatic rings. The van der Waals surface area contributed by atoms with Crippen LogP contribution in [0.4, 0.5) is 0 Å². The molecule has 1 aromatic rings. The number of nitrogens with zero attached hydrogens (tertiary/aromatic N) is 1. The molecule has 6 nitrogen and oxygen atoms in total. The van der Waals surface area contributed by atoms with Gasteiger partial charge >= 0.3 is 5.97 Å². The van der Waals surface area contributed by atoms with Gasteiger partial charge in [-0.25, -0.2) is 9.78 Å². The third kappa shape index (κ3) is 5.09. The van der Waals surface area contributed by atoms with Gasteiger partial charge in [-0.15, -0.1) is 11.3 Å². The van der Waals surface area contributed by atoms with Crippen LogP contribution in [0.15, 0.2) is 5.38 Å². The Balaban J connectivity index is 2.23. The number of carbonyl (C=O) groups excluding carboxylic acids is 1. The Kier molecular flexibility index (Phi) is 6.81. The summed E-state index contributed by atoms with van der Waals surface area (Å²) in [6.45, 7) is 3.38. The Labute approximate surface area is 110 Å². The van der Waals surface area contributed by atoms with Gasteiger partial charge in [0.1, 0.15) is 11.6 Å². The quantitative estimate of drug-likeness (QED) is 0.562. The van der Waals surface area contributed by atoms with Crippen molar-refractivity contribution < 1.29 is 19.0 Å². The predicted molar refractivity (Wildman–Crippen MR) is 67.7 cm³/mol. The Hall–Kier alpha value is -1.02. The highest BCUT2D eigenvalue weighted by Gasteiger charge is 2.13. The summed E-state index contributed by atoms with van der Waals surface area (Å²) >= 11 is 1.35. The fourth-order valence-corrected chi connectivity index (χ4v) is 1.85. The second-order valence-corrected chi connectivity index (χ2v) is 4.49. The molecule has 1 atom stereocenters. The first-order chi connectivity index (χ1) is 8.65. The SMILES string of the molecule is COCCOCCOC(=O)c1csc(C(C)N)n1. The zero-order valence-electron chi connectivity index (χ0n) is 10.5.